The lowest BCUT2D eigenvalue weighted by molar-refractivity contribution is 0.598. The lowest BCUT2D eigenvalue weighted by Gasteiger charge is -1.92. The number of nitrogens with one attached hydrogen (secondary N) is 1. The van der Waals surface area contributed by atoms with Gasteiger partial charge in [0.2, 0.25) is 0 Å². The summed E-state index contributed by atoms with van der Waals surface area (Å²) in [5, 5.41) is 1.12. The maximum absolute atomic E-state index is 11.0. The third-order valence-electron chi connectivity index (χ3n) is 1.48. The zero-order valence-electron chi connectivity index (χ0n) is 6.67. The van der Waals surface area contributed by atoms with Crippen molar-refractivity contribution in [3.05, 3.63) is 17.8 Å². The van der Waals surface area contributed by atoms with Gasteiger partial charge in [0.05, 0.1) is 0 Å². The zero-order valence-corrected chi connectivity index (χ0v) is 9.07. The van der Waals surface area contributed by atoms with Crippen molar-refractivity contribution >= 4 is 25.8 Å². The number of halogens is 1. The fourth-order valence-corrected chi connectivity index (χ4v) is 1.94. The fraction of sp³-hybridized carbons (Fsp3) is 0.429. The van der Waals surface area contributed by atoms with Crippen LogP contribution in [0.25, 0.3) is 0 Å². The van der Waals surface area contributed by atoms with E-state index in [1.165, 1.54) is 6.26 Å². The van der Waals surface area contributed by atoms with Crippen molar-refractivity contribution in [3.8, 4) is 0 Å². The van der Waals surface area contributed by atoms with Crippen LogP contribution >= 0.6 is 15.9 Å². The molecule has 0 aliphatic rings. The number of aryl methyl sites for hydroxylation is 1. The Bertz CT molecular complexity index is 355. The smallest absolute Gasteiger partial charge is 0.190 e. The summed E-state index contributed by atoms with van der Waals surface area (Å²) in [6.45, 7) is 0. The van der Waals surface area contributed by atoms with E-state index in [4.69, 9.17) is 0 Å². The molecule has 0 saturated heterocycles. The summed E-state index contributed by atoms with van der Waals surface area (Å²) in [6, 6.07) is 3.38. The molecular weight excluding hydrogens is 242 g/mol. The lowest BCUT2D eigenvalue weighted by atomic mass is 10.3. The van der Waals surface area contributed by atoms with E-state index < -0.39 is 9.84 Å². The summed E-state index contributed by atoms with van der Waals surface area (Å²) in [4.78, 5) is 2.84. The first-order chi connectivity index (χ1) is 5.54. The van der Waals surface area contributed by atoms with Crippen LogP contribution in [0.4, 0.5) is 0 Å². The standard InChI is InChI=1S/C7H10BrNO2S/c1-12(10,11)7-3-2-6(9-7)4-5-8/h2-3,9H,4-5H2,1H3. The van der Waals surface area contributed by atoms with Crippen LogP contribution in [0, 0.1) is 0 Å². The fourth-order valence-electron chi connectivity index (χ4n) is 0.882. The van der Waals surface area contributed by atoms with Crippen molar-refractivity contribution in [1.82, 2.24) is 4.98 Å². The molecule has 0 atom stereocenters. The SMILES string of the molecule is CS(=O)(=O)c1ccc(CCBr)[nH]1. The second-order valence-electron chi connectivity index (χ2n) is 2.56. The highest BCUT2D eigenvalue weighted by atomic mass is 79.9. The van der Waals surface area contributed by atoms with Crippen molar-refractivity contribution in [3.63, 3.8) is 0 Å². The molecular formula is C7H10BrNO2S. The molecule has 12 heavy (non-hydrogen) atoms. The van der Waals surface area contributed by atoms with Gasteiger partial charge in [-0.15, -0.1) is 0 Å². The predicted molar refractivity (Wildman–Crippen MR) is 51.4 cm³/mol. The van der Waals surface area contributed by atoms with Crippen molar-refractivity contribution in [1.29, 1.82) is 0 Å². The number of hydrogen-bond donors (Lipinski definition) is 1. The van der Waals surface area contributed by atoms with Crippen molar-refractivity contribution < 1.29 is 8.42 Å². The Balaban J connectivity index is 2.92. The molecule has 1 heterocycles. The van der Waals surface area contributed by atoms with E-state index in [1.54, 1.807) is 12.1 Å². The molecule has 68 valence electrons. The van der Waals surface area contributed by atoms with Gasteiger partial charge in [-0.05, 0) is 18.6 Å². The molecule has 0 aromatic carbocycles. The normalized spacial score (nSPS) is 11.8. The van der Waals surface area contributed by atoms with E-state index in [9.17, 15) is 8.42 Å². The highest BCUT2D eigenvalue weighted by molar-refractivity contribution is 9.09. The summed E-state index contributed by atoms with van der Waals surface area (Å²) >= 11 is 3.28. The molecule has 0 fully saturated rings. The van der Waals surface area contributed by atoms with Crippen LogP contribution in [0.1, 0.15) is 5.69 Å². The van der Waals surface area contributed by atoms with E-state index in [0.717, 1.165) is 17.4 Å². The van der Waals surface area contributed by atoms with Gasteiger partial charge in [0.25, 0.3) is 0 Å². The molecule has 5 heteroatoms. The summed E-state index contributed by atoms with van der Waals surface area (Å²) < 4.78 is 22.0. The molecule has 1 aromatic heterocycles. The summed E-state index contributed by atoms with van der Waals surface area (Å²) in [5.74, 6) is 0. The number of rotatable bonds is 3. The molecule has 1 N–H and O–H groups in total. The molecule has 0 unspecified atom stereocenters. The molecule has 3 nitrogen and oxygen atoms in total. The van der Waals surface area contributed by atoms with Gasteiger partial charge in [-0.1, -0.05) is 15.9 Å². The van der Waals surface area contributed by atoms with Gasteiger partial charge in [0, 0.05) is 17.3 Å². The maximum atomic E-state index is 11.0. The molecule has 1 rings (SSSR count). The Morgan fingerprint density at radius 3 is 2.58 bits per heavy atom. The number of aromatic nitrogens is 1. The molecule has 0 saturated carbocycles. The predicted octanol–water partition coefficient (Wildman–Crippen LogP) is 1.36. The van der Waals surface area contributed by atoms with Crippen LogP contribution in [-0.4, -0.2) is 25.0 Å². The minimum absolute atomic E-state index is 0.290. The quantitative estimate of drug-likeness (QED) is 0.825. The third kappa shape index (κ3) is 2.35. The summed E-state index contributed by atoms with van der Waals surface area (Å²) in [5.41, 5.74) is 0.937. The summed E-state index contributed by atoms with van der Waals surface area (Å²) in [7, 11) is -3.07. The Morgan fingerprint density at radius 2 is 2.17 bits per heavy atom. The van der Waals surface area contributed by atoms with E-state index in [1.807, 2.05) is 0 Å². The second-order valence-corrected chi connectivity index (χ2v) is 5.34. The van der Waals surface area contributed by atoms with Crippen molar-refractivity contribution in [2.24, 2.45) is 0 Å². The first-order valence-corrected chi connectivity index (χ1v) is 6.49. The lowest BCUT2D eigenvalue weighted by Crippen LogP contribution is -1.97. The van der Waals surface area contributed by atoms with Crippen LogP contribution in [-0.2, 0) is 16.3 Å². The first-order valence-electron chi connectivity index (χ1n) is 3.48. The number of alkyl halides is 1. The largest absolute Gasteiger partial charge is 0.350 e. The van der Waals surface area contributed by atoms with E-state index in [0.29, 0.717) is 5.03 Å². The molecule has 0 amide bonds. The van der Waals surface area contributed by atoms with Crippen molar-refractivity contribution in [2.75, 3.05) is 11.6 Å². The molecule has 1 aromatic rings. The minimum Gasteiger partial charge on any atom is -0.350 e. The van der Waals surface area contributed by atoms with Crippen LogP contribution in [0.2, 0.25) is 0 Å². The Hall–Kier alpha value is -0.290. The average Bonchev–Trinajstić information content (AvgIpc) is 2.35. The van der Waals surface area contributed by atoms with Gasteiger partial charge in [-0.25, -0.2) is 8.42 Å². The van der Waals surface area contributed by atoms with E-state index >= 15 is 0 Å². The molecule has 0 aliphatic carbocycles. The topological polar surface area (TPSA) is 49.9 Å². The van der Waals surface area contributed by atoms with E-state index in [2.05, 4.69) is 20.9 Å². The Kier molecular flexibility index (Phi) is 2.95. The number of hydrogen-bond acceptors (Lipinski definition) is 2. The highest BCUT2D eigenvalue weighted by Gasteiger charge is 2.08. The van der Waals surface area contributed by atoms with Crippen molar-refractivity contribution in [2.45, 2.75) is 11.4 Å². The second kappa shape index (κ2) is 3.62. The average molecular weight is 252 g/mol. The molecule has 0 aliphatic heterocycles. The maximum Gasteiger partial charge on any atom is 0.190 e. The molecule has 0 radical (unpaired) electrons. The van der Waals surface area contributed by atoms with Gasteiger partial charge in [0.1, 0.15) is 5.03 Å². The summed E-state index contributed by atoms with van der Waals surface area (Å²) in [6.07, 6.45) is 2.01. The van der Waals surface area contributed by atoms with Crippen LogP contribution < -0.4 is 0 Å². The van der Waals surface area contributed by atoms with Crippen LogP contribution in [0.15, 0.2) is 17.2 Å². The molecule has 0 bridgehead atoms. The number of sulfone groups is 1. The van der Waals surface area contributed by atoms with Gasteiger partial charge >= 0.3 is 0 Å². The Labute approximate surface area is 80.2 Å². The van der Waals surface area contributed by atoms with Crippen LogP contribution in [0.5, 0.6) is 0 Å². The zero-order chi connectivity index (χ0) is 9.19. The minimum atomic E-state index is -3.07. The third-order valence-corrected chi connectivity index (χ3v) is 2.92. The van der Waals surface area contributed by atoms with Gasteiger partial charge in [-0.2, -0.15) is 0 Å². The number of aromatic amines is 1. The van der Waals surface area contributed by atoms with Crippen LogP contribution in [0.3, 0.4) is 0 Å². The highest BCUT2D eigenvalue weighted by Crippen LogP contribution is 2.09. The Morgan fingerprint density at radius 1 is 1.50 bits per heavy atom. The number of H-pyrrole nitrogens is 1. The van der Waals surface area contributed by atoms with Gasteiger partial charge in [-0.3, -0.25) is 0 Å². The van der Waals surface area contributed by atoms with Gasteiger partial charge in [0.15, 0.2) is 9.84 Å². The first kappa shape index (κ1) is 9.80. The van der Waals surface area contributed by atoms with Gasteiger partial charge < -0.3 is 4.98 Å². The molecule has 0 spiro atoms. The van der Waals surface area contributed by atoms with E-state index in [-0.39, 0.29) is 0 Å². The monoisotopic (exact) mass is 251 g/mol.